The van der Waals surface area contributed by atoms with Gasteiger partial charge in [-0.2, -0.15) is 0 Å². The number of nitrogens with one attached hydrogen (secondary N) is 2. The van der Waals surface area contributed by atoms with Crippen LogP contribution in [0.15, 0.2) is 47.5 Å². The van der Waals surface area contributed by atoms with E-state index in [9.17, 15) is 0 Å². The van der Waals surface area contributed by atoms with E-state index in [0.717, 1.165) is 40.7 Å². The molecule has 2 aromatic rings. The summed E-state index contributed by atoms with van der Waals surface area (Å²) >= 11 is 0. The summed E-state index contributed by atoms with van der Waals surface area (Å²) in [5.41, 5.74) is 3.29. The fourth-order valence-corrected chi connectivity index (χ4v) is 2.82. The van der Waals surface area contributed by atoms with E-state index < -0.39 is 0 Å². The van der Waals surface area contributed by atoms with E-state index in [4.69, 9.17) is 19.2 Å². The highest BCUT2D eigenvalue weighted by molar-refractivity contribution is 5.79. The minimum absolute atomic E-state index is 0.533. The van der Waals surface area contributed by atoms with Gasteiger partial charge in [-0.25, -0.2) is 4.99 Å². The first kappa shape index (κ1) is 22.6. The third-order valence-corrected chi connectivity index (χ3v) is 4.30. The van der Waals surface area contributed by atoms with Crippen LogP contribution in [0.2, 0.25) is 0 Å². The molecule has 0 aliphatic carbocycles. The van der Waals surface area contributed by atoms with Crippen molar-refractivity contribution in [3.8, 4) is 11.5 Å². The molecule has 0 saturated carbocycles. The summed E-state index contributed by atoms with van der Waals surface area (Å²) in [6, 6.07) is 14.2. The third kappa shape index (κ3) is 7.66. The topological polar surface area (TPSA) is 64.1 Å². The van der Waals surface area contributed by atoms with Gasteiger partial charge in [0.2, 0.25) is 0 Å². The van der Waals surface area contributed by atoms with Crippen LogP contribution < -0.4 is 20.1 Å². The Hall–Kier alpha value is -2.73. The number of guanidine groups is 1. The van der Waals surface area contributed by atoms with Gasteiger partial charge in [0.1, 0.15) is 18.1 Å². The summed E-state index contributed by atoms with van der Waals surface area (Å²) in [6.07, 6.45) is 0. The molecule has 0 radical (unpaired) electrons. The fourth-order valence-electron chi connectivity index (χ4n) is 2.82. The Balaban J connectivity index is 2.04. The van der Waals surface area contributed by atoms with Crippen LogP contribution in [-0.4, -0.2) is 39.4 Å². The molecule has 2 N–H and O–H groups in total. The second-order valence-corrected chi connectivity index (χ2v) is 6.52. The van der Waals surface area contributed by atoms with Gasteiger partial charge >= 0.3 is 0 Å². The molecule has 0 atom stereocenters. The van der Waals surface area contributed by atoms with Gasteiger partial charge in [-0.3, -0.25) is 0 Å². The Morgan fingerprint density at radius 2 is 1.79 bits per heavy atom. The molecule has 2 aromatic carbocycles. The highest BCUT2D eigenvalue weighted by Gasteiger charge is 2.07. The van der Waals surface area contributed by atoms with E-state index in [2.05, 4.69) is 42.7 Å². The van der Waals surface area contributed by atoms with Crippen LogP contribution in [0.3, 0.4) is 0 Å². The van der Waals surface area contributed by atoms with Crippen LogP contribution in [0.25, 0.3) is 0 Å². The van der Waals surface area contributed by atoms with E-state index in [1.807, 2.05) is 31.2 Å². The summed E-state index contributed by atoms with van der Waals surface area (Å²) in [7, 11) is 1.68. The summed E-state index contributed by atoms with van der Waals surface area (Å²) in [5.74, 6) is 2.47. The van der Waals surface area contributed by atoms with Gasteiger partial charge in [0.25, 0.3) is 0 Å². The molecular formula is C23H33N3O3. The van der Waals surface area contributed by atoms with Crippen molar-refractivity contribution in [1.82, 2.24) is 10.6 Å². The van der Waals surface area contributed by atoms with Crippen LogP contribution >= 0.6 is 0 Å². The van der Waals surface area contributed by atoms with E-state index >= 15 is 0 Å². The first-order valence-corrected chi connectivity index (χ1v) is 10.1. The summed E-state index contributed by atoms with van der Waals surface area (Å²) in [6.45, 7) is 9.83. The van der Waals surface area contributed by atoms with Crippen molar-refractivity contribution in [3.63, 3.8) is 0 Å². The number of hydrogen-bond acceptors (Lipinski definition) is 4. The lowest BCUT2D eigenvalue weighted by atomic mass is 10.1. The molecule has 2 rings (SSSR count). The van der Waals surface area contributed by atoms with Crippen molar-refractivity contribution in [1.29, 1.82) is 0 Å². The van der Waals surface area contributed by atoms with E-state index in [1.165, 1.54) is 0 Å². The van der Waals surface area contributed by atoms with Gasteiger partial charge < -0.3 is 24.8 Å². The Morgan fingerprint density at radius 1 is 0.966 bits per heavy atom. The number of ether oxygens (including phenoxy) is 3. The zero-order chi connectivity index (χ0) is 20.9. The Labute approximate surface area is 174 Å². The van der Waals surface area contributed by atoms with Gasteiger partial charge in [0.15, 0.2) is 5.96 Å². The van der Waals surface area contributed by atoms with Gasteiger partial charge in [-0.05, 0) is 38.5 Å². The first-order valence-electron chi connectivity index (χ1n) is 10.1. The van der Waals surface area contributed by atoms with Crippen LogP contribution in [0, 0.1) is 6.92 Å². The lowest BCUT2D eigenvalue weighted by molar-refractivity contribution is 0.110. The van der Waals surface area contributed by atoms with Crippen LogP contribution in [0.1, 0.15) is 30.5 Å². The molecule has 0 saturated heterocycles. The number of para-hydroxylation sites is 1. The molecule has 0 aliphatic rings. The third-order valence-electron chi connectivity index (χ3n) is 4.30. The van der Waals surface area contributed by atoms with Crippen molar-refractivity contribution in [3.05, 3.63) is 59.2 Å². The molecule has 0 fully saturated rings. The molecule has 0 unspecified atom stereocenters. The number of aryl methyl sites for hydroxylation is 1. The number of rotatable bonds is 11. The zero-order valence-corrected chi connectivity index (χ0v) is 18.0. The molecule has 0 aromatic heterocycles. The maximum absolute atomic E-state index is 5.93. The minimum Gasteiger partial charge on any atom is -0.496 e. The predicted molar refractivity (Wildman–Crippen MR) is 118 cm³/mol. The largest absolute Gasteiger partial charge is 0.496 e. The smallest absolute Gasteiger partial charge is 0.191 e. The number of nitrogens with zero attached hydrogens (tertiary/aromatic N) is 1. The molecule has 6 heteroatoms. The van der Waals surface area contributed by atoms with Crippen molar-refractivity contribution < 1.29 is 14.2 Å². The number of aliphatic imine (C=N–C) groups is 1. The highest BCUT2D eigenvalue weighted by Crippen LogP contribution is 2.21. The molecule has 158 valence electrons. The average molecular weight is 400 g/mol. The van der Waals surface area contributed by atoms with Crippen molar-refractivity contribution in [2.24, 2.45) is 4.99 Å². The zero-order valence-electron chi connectivity index (χ0n) is 18.0. The lowest BCUT2D eigenvalue weighted by Crippen LogP contribution is -2.36. The van der Waals surface area contributed by atoms with Crippen molar-refractivity contribution >= 4 is 5.96 Å². The molecular weight excluding hydrogens is 366 g/mol. The van der Waals surface area contributed by atoms with E-state index in [1.54, 1.807) is 7.11 Å². The molecule has 0 heterocycles. The predicted octanol–water partition coefficient (Wildman–Crippen LogP) is 3.67. The highest BCUT2D eigenvalue weighted by atomic mass is 16.5. The lowest BCUT2D eigenvalue weighted by Gasteiger charge is -2.15. The van der Waals surface area contributed by atoms with Crippen LogP contribution in [0.5, 0.6) is 11.5 Å². The first-order chi connectivity index (χ1) is 14.2. The SMILES string of the molecule is CCNC(=NCc1ccccc1OC)NCc1ccc(C)cc1OCCOCC. The molecule has 0 aliphatic heterocycles. The van der Waals surface area contributed by atoms with E-state index in [-0.39, 0.29) is 0 Å². The molecule has 6 nitrogen and oxygen atoms in total. The van der Waals surface area contributed by atoms with Gasteiger partial charge in [-0.15, -0.1) is 0 Å². The second kappa shape index (κ2) is 12.7. The quantitative estimate of drug-likeness (QED) is 0.343. The monoisotopic (exact) mass is 399 g/mol. The van der Waals surface area contributed by atoms with Gasteiger partial charge in [-0.1, -0.05) is 30.3 Å². The summed E-state index contributed by atoms with van der Waals surface area (Å²) in [4.78, 5) is 4.69. The Bertz CT molecular complexity index is 778. The van der Waals surface area contributed by atoms with Gasteiger partial charge in [0.05, 0.1) is 20.3 Å². The fraction of sp³-hybridized carbons (Fsp3) is 0.435. The second-order valence-electron chi connectivity index (χ2n) is 6.52. The molecule has 0 bridgehead atoms. The summed E-state index contributed by atoms with van der Waals surface area (Å²) in [5, 5.41) is 6.68. The maximum atomic E-state index is 5.93. The summed E-state index contributed by atoms with van der Waals surface area (Å²) < 4.78 is 16.7. The number of methoxy groups -OCH3 is 1. The minimum atomic E-state index is 0.533. The normalized spacial score (nSPS) is 11.2. The average Bonchev–Trinajstić information content (AvgIpc) is 2.74. The van der Waals surface area contributed by atoms with E-state index in [0.29, 0.717) is 32.9 Å². The number of hydrogen-bond donors (Lipinski definition) is 2. The van der Waals surface area contributed by atoms with Crippen molar-refractivity contribution in [2.45, 2.75) is 33.9 Å². The Morgan fingerprint density at radius 3 is 2.55 bits per heavy atom. The van der Waals surface area contributed by atoms with Crippen LogP contribution in [-0.2, 0) is 17.8 Å². The molecule has 29 heavy (non-hydrogen) atoms. The standard InChI is InChI=1S/C23H33N3O3/c1-5-24-23(25-16-19-9-7-8-10-21(19)27-4)26-17-20-12-11-18(3)15-22(20)29-14-13-28-6-2/h7-12,15H,5-6,13-14,16-17H2,1-4H3,(H2,24,25,26). The Kier molecular flexibility index (Phi) is 9.86. The van der Waals surface area contributed by atoms with Crippen LogP contribution in [0.4, 0.5) is 0 Å². The van der Waals surface area contributed by atoms with Crippen molar-refractivity contribution in [2.75, 3.05) is 33.5 Å². The number of benzene rings is 2. The maximum Gasteiger partial charge on any atom is 0.191 e. The van der Waals surface area contributed by atoms with Gasteiger partial charge in [0, 0.05) is 30.8 Å². The molecule has 0 amide bonds. The molecule has 0 spiro atoms.